The first-order valence-corrected chi connectivity index (χ1v) is 11.8. The topological polar surface area (TPSA) is 67.2 Å². The summed E-state index contributed by atoms with van der Waals surface area (Å²) in [5, 5.41) is 5.60. The lowest BCUT2D eigenvalue weighted by molar-refractivity contribution is 0.0738. The van der Waals surface area contributed by atoms with E-state index in [4.69, 9.17) is 0 Å². The van der Waals surface area contributed by atoms with Crippen molar-refractivity contribution in [3.63, 3.8) is 0 Å². The smallest absolute Gasteiger partial charge is 0.271 e. The fourth-order valence-corrected chi connectivity index (χ4v) is 4.26. The molecule has 0 aliphatic carbocycles. The van der Waals surface area contributed by atoms with Gasteiger partial charge in [0.2, 0.25) is 0 Å². The van der Waals surface area contributed by atoms with Crippen LogP contribution in [0.2, 0.25) is 0 Å². The Labute approximate surface area is 194 Å². The van der Waals surface area contributed by atoms with Gasteiger partial charge in [0.05, 0.1) is 13.1 Å². The summed E-state index contributed by atoms with van der Waals surface area (Å²) in [5.41, 5.74) is 2.90. The van der Waals surface area contributed by atoms with Gasteiger partial charge in [0.25, 0.3) is 11.8 Å². The second-order valence-electron chi connectivity index (χ2n) is 9.00. The molecule has 1 aromatic carbocycles. The highest BCUT2D eigenvalue weighted by atomic mass is 32.1. The number of hydrogen-bond donors (Lipinski definition) is 1. The predicted molar refractivity (Wildman–Crippen MR) is 129 cm³/mol. The number of hydrogen-bond acceptors (Lipinski definition) is 4. The number of aryl methyl sites for hydroxylation is 1. The Bertz CT molecular complexity index is 1080. The molecular weight excluding hydrogens is 420 g/mol. The van der Waals surface area contributed by atoms with Crippen LogP contribution in [0.25, 0.3) is 0 Å². The fraction of sp³-hybridized carbons (Fsp3) is 0.400. The molecule has 7 heteroatoms. The molecule has 0 unspecified atom stereocenters. The third-order valence-electron chi connectivity index (χ3n) is 5.01. The number of carbonyl (C=O) groups excluding carboxylic acids is 2. The Balaban J connectivity index is 1.74. The first-order valence-electron chi connectivity index (χ1n) is 10.9. The van der Waals surface area contributed by atoms with E-state index >= 15 is 0 Å². The quantitative estimate of drug-likeness (QED) is 0.530. The van der Waals surface area contributed by atoms with Crippen LogP contribution in [0.15, 0.2) is 48.0 Å². The molecule has 32 heavy (non-hydrogen) atoms. The number of benzene rings is 1. The Morgan fingerprint density at radius 2 is 1.91 bits per heavy atom. The van der Waals surface area contributed by atoms with Crippen molar-refractivity contribution in [3.8, 4) is 0 Å². The number of nitrogens with zero attached hydrogens (tertiary/aromatic N) is 3. The van der Waals surface area contributed by atoms with Crippen LogP contribution in [0.5, 0.6) is 0 Å². The molecule has 2 amide bonds. The SMILES string of the molecule is CCCN(Cc1cccn1Cc1nc(C(=O)NC(C)(C)C)cs1)C(=O)c1ccccc1C. The van der Waals surface area contributed by atoms with Crippen LogP contribution in [0.4, 0.5) is 0 Å². The second-order valence-corrected chi connectivity index (χ2v) is 9.94. The van der Waals surface area contributed by atoms with E-state index in [9.17, 15) is 9.59 Å². The zero-order valence-corrected chi connectivity index (χ0v) is 20.3. The molecule has 0 aliphatic heterocycles. The van der Waals surface area contributed by atoms with Crippen LogP contribution in [0.1, 0.15) is 71.2 Å². The summed E-state index contributed by atoms with van der Waals surface area (Å²) in [6.07, 6.45) is 2.88. The Morgan fingerprint density at radius 3 is 2.59 bits per heavy atom. The van der Waals surface area contributed by atoms with Crippen LogP contribution < -0.4 is 5.32 Å². The lowest BCUT2D eigenvalue weighted by atomic mass is 10.1. The standard InChI is InChI=1S/C25H32N4O2S/c1-6-13-29(24(31)20-12-8-7-10-18(20)2)15-19-11-9-14-28(19)16-22-26-21(17-32-22)23(30)27-25(3,4)5/h7-12,14,17H,6,13,15-16H2,1-5H3,(H,27,30). The molecule has 6 nitrogen and oxygen atoms in total. The third-order valence-corrected chi connectivity index (χ3v) is 5.84. The van der Waals surface area contributed by atoms with Crippen molar-refractivity contribution in [1.82, 2.24) is 19.8 Å². The monoisotopic (exact) mass is 452 g/mol. The molecule has 0 saturated heterocycles. The minimum Gasteiger partial charge on any atom is -0.346 e. The largest absolute Gasteiger partial charge is 0.346 e. The summed E-state index contributed by atoms with van der Waals surface area (Å²) in [6, 6.07) is 11.7. The van der Waals surface area contributed by atoms with Gasteiger partial charge < -0.3 is 14.8 Å². The van der Waals surface area contributed by atoms with Gasteiger partial charge >= 0.3 is 0 Å². The number of amides is 2. The van der Waals surface area contributed by atoms with Crippen molar-refractivity contribution in [3.05, 3.63) is 75.5 Å². The maximum atomic E-state index is 13.2. The minimum absolute atomic E-state index is 0.0492. The minimum atomic E-state index is -0.305. The molecule has 0 aliphatic rings. The lowest BCUT2D eigenvalue weighted by Gasteiger charge is -2.24. The van der Waals surface area contributed by atoms with Gasteiger partial charge in [-0.25, -0.2) is 4.98 Å². The average Bonchev–Trinajstić information content (AvgIpc) is 3.36. The highest BCUT2D eigenvalue weighted by molar-refractivity contribution is 7.09. The predicted octanol–water partition coefficient (Wildman–Crippen LogP) is 4.88. The molecule has 0 radical (unpaired) electrons. The zero-order chi connectivity index (χ0) is 23.3. The molecule has 0 atom stereocenters. The summed E-state index contributed by atoms with van der Waals surface area (Å²) in [5.74, 6) is -0.112. The second kappa shape index (κ2) is 10.1. The number of aromatic nitrogens is 2. The van der Waals surface area contributed by atoms with E-state index in [0.717, 1.165) is 28.2 Å². The van der Waals surface area contributed by atoms with Crippen LogP contribution in [0.3, 0.4) is 0 Å². The summed E-state index contributed by atoms with van der Waals surface area (Å²) >= 11 is 1.47. The van der Waals surface area contributed by atoms with Gasteiger partial charge in [-0.05, 0) is 57.9 Å². The van der Waals surface area contributed by atoms with Crippen molar-refractivity contribution in [1.29, 1.82) is 0 Å². The van der Waals surface area contributed by atoms with Gasteiger partial charge in [0.1, 0.15) is 10.7 Å². The Kier molecular flexibility index (Phi) is 7.51. The van der Waals surface area contributed by atoms with Gasteiger partial charge in [0.15, 0.2) is 0 Å². The van der Waals surface area contributed by atoms with Gasteiger partial charge in [-0.3, -0.25) is 9.59 Å². The van der Waals surface area contributed by atoms with Crippen molar-refractivity contribution < 1.29 is 9.59 Å². The molecule has 170 valence electrons. The highest BCUT2D eigenvalue weighted by Crippen LogP contribution is 2.18. The van der Waals surface area contributed by atoms with Gasteiger partial charge in [-0.2, -0.15) is 0 Å². The maximum Gasteiger partial charge on any atom is 0.271 e. The molecule has 3 aromatic rings. The third kappa shape index (κ3) is 6.07. The summed E-state index contributed by atoms with van der Waals surface area (Å²) in [4.78, 5) is 32.0. The number of thiazole rings is 1. The van der Waals surface area contributed by atoms with E-state index in [0.29, 0.717) is 25.3 Å². The Morgan fingerprint density at radius 1 is 1.16 bits per heavy atom. The first-order chi connectivity index (χ1) is 15.2. The van der Waals surface area contributed by atoms with Gasteiger partial charge in [-0.1, -0.05) is 25.1 Å². The van der Waals surface area contributed by atoms with E-state index in [2.05, 4.69) is 21.8 Å². The molecule has 0 spiro atoms. The number of nitrogens with one attached hydrogen (secondary N) is 1. The normalized spacial score (nSPS) is 11.4. The molecule has 2 heterocycles. The summed E-state index contributed by atoms with van der Waals surface area (Å²) < 4.78 is 2.10. The summed E-state index contributed by atoms with van der Waals surface area (Å²) in [7, 11) is 0. The highest BCUT2D eigenvalue weighted by Gasteiger charge is 2.20. The van der Waals surface area contributed by atoms with Crippen molar-refractivity contribution in [2.45, 2.75) is 59.7 Å². The summed E-state index contributed by atoms with van der Waals surface area (Å²) in [6.45, 7) is 11.7. The zero-order valence-electron chi connectivity index (χ0n) is 19.5. The maximum absolute atomic E-state index is 13.2. The van der Waals surface area contributed by atoms with E-state index in [-0.39, 0.29) is 17.4 Å². The van der Waals surface area contributed by atoms with E-state index in [1.54, 1.807) is 5.38 Å². The Hall–Kier alpha value is -2.93. The average molecular weight is 453 g/mol. The van der Waals surface area contributed by atoms with Crippen molar-refractivity contribution in [2.75, 3.05) is 6.54 Å². The van der Waals surface area contributed by atoms with Crippen LogP contribution >= 0.6 is 11.3 Å². The molecule has 0 saturated carbocycles. The van der Waals surface area contributed by atoms with Crippen molar-refractivity contribution in [2.24, 2.45) is 0 Å². The van der Waals surface area contributed by atoms with Crippen LogP contribution in [0, 0.1) is 6.92 Å². The molecule has 3 rings (SSSR count). The van der Waals surface area contributed by atoms with Crippen LogP contribution in [-0.4, -0.2) is 38.3 Å². The molecule has 0 fully saturated rings. The number of carbonyl (C=O) groups is 2. The van der Waals surface area contributed by atoms with Gasteiger partial charge in [0, 0.05) is 34.9 Å². The molecule has 1 N–H and O–H groups in total. The van der Waals surface area contributed by atoms with Crippen LogP contribution in [-0.2, 0) is 13.1 Å². The fourth-order valence-electron chi connectivity index (χ4n) is 3.49. The first kappa shape index (κ1) is 23.7. The lowest BCUT2D eigenvalue weighted by Crippen LogP contribution is -2.40. The van der Waals surface area contributed by atoms with E-state index in [1.807, 2.05) is 75.2 Å². The molecule has 0 bridgehead atoms. The van der Waals surface area contributed by atoms with E-state index in [1.165, 1.54) is 11.3 Å². The van der Waals surface area contributed by atoms with Crippen molar-refractivity contribution >= 4 is 23.2 Å². The molecular formula is C25H32N4O2S. The number of rotatable bonds is 8. The molecule has 2 aromatic heterocycles. The van der Waals surface area contributed by atoms with E-state index < -0.39 is 0 Å². The van der Waals surface area contributed by atoms with Gasteiger partial charge in [-0.15, -0.1) is 11.3 Å².